The highest BCUT2D eigenvalue weighted by molar-refractivity contribution is 14.1. The summed E-state index contributed by atoms with van der Waals surface area (Å²) in [5.41, 5.74) is 1.42. The molecule has 4 nitrogen and oxygen atoms in total. The van der Waals surface area contributed by atoms with Gasteiger partial charge >= 0.3 is 0 Å². The molecule has 5 heteroatoms. The normalized spacial score (nSPS) is 30.6. The molecule has 1 amide bonds. The minimum Gasteiger partial charge on any atom is -0.379 e. The maximum Gasteiger partial charge on any atom is 0.283 e. The lowest BCUT2D eigenvalue weighted by molar-refractivity contribution is -0.00691. The van der Waals surface area contributed by atoms with Gasteiger partial charge in [-0.2, -0.15) is 0 Å². The SMILES string of the molecule is C=C1C(N2CCN(C(=O)I)CC2)C1(CC)CC(C)(C)OC. The molecule has 0 bridgehead atoms. The van der Waals surface area contributed by atoms with Gasteiger partial charge in [-0.05, 0) is 26.7 Å². The Morgan fingerprint density at radius 2 is 2.00 bits per heavy atom. The van der Waals surface area contributed by atoms with Crippen molar-refractivity contribution in [3.8, 4) is 0 Å². The lowest BCUT2D eigenvalue weighted by Crippen LogP contribution is -2.49. The van der Waals surface area contributed by atoms with Gasteiger partial charge in [0.15, 0.2) is 0 Å². The summed E-state index contributed by atoms with van der Waals surface area (Å²) in [5, 5.41) is 0. The molecule has 0 radical (unpaired) electrons. The third-order valence-corrected chi connectivity index (χ3v) is 5.94. The quantitative estimate of drug-likeness (QED) is 0.304. The van der Waals surface area contributed by atoms with Crippen LogP contribution in [0.1, 0.15) is 33.6 Å². The third-order valence-electron chi connectivity index (χ3n) is 5.26. The highest BCUT2D eigenvalue weighted by Crippen LogP contribution is 2.61. The molecule has 1 saturated carbocycles. The first-order valence-corrected chi connectivity index (χ1v) is 8.78. The van der Waals surface area contributed by atoms with Gasteiger partial charge in [0.1, 0.15) is 0 Å². The molecule has 2 aliphatic rings. The molecule has 2 rings (SSSR count). The number of carbonyl (C=O) groups is 1. The number of hydrogen-bond acceptors (Lipinski definition) is 3. The summed E-state index contributed by atoms with van der Waals surface area (Å²) in [6.07, 6.45) is 2.12. The van der Waals surface area contributed by atoms with E-state index >= 15 is 0 Å². The number of ether oxygens (including phenoxy) is 1. The van der Waals surface area contributed by atoms with E-state index in [4.69, 9.17) is 4.74 Å². The molecule has 21 heavy (non-hydrogen) atoms. The van der Waals surface area contributed by atoms with E-state index in [0.717, 1.165) is 39.0 Å². The fourth-order valence-corrected chi connectivity index (χ4v) is 4.27. The number of nitrogens with zero attached hydrogens (tertiary/aromatic N) is 2. The van der Waals surface area contributed by atoms with Crippen LogP contribution in [0.3, 0.4) is 0 Å². The number of carbonyl (C=O) groups excluding carboxylic acids is 1. The fourth-order valence-electron chi connectivity index (χ4n) is 3.78. The zero-order chi connectivity index (χ0) is 15.8. The molecule has 1 saturated heterocycles. The number of rotatable bonds is 5. The fraction of sp³-hybridized carbons (Fsp3) is 0.812. The number of halogens is 1. The first kappa shape index (κ1) is 17.2. The second kappa shape index (κ2) is 6.16. The summed E-state index contributed by atoms with van der Waals surface area (Å²) in [5.74, 6) is 0. The predicted octanol–water partition coefficient (Wildman–Crippen LogP) is 3.31. The number of methoxy groups -OCH3 is 1. The van der Waals surface area contributed by atoms with Crippen LogP contribution in [0.2, 0.25) is 0 Å². The minimum atomic E-state index is -0.117. The van der Waals surface area contributed by atoms with Crippen molar-refractivity contribution in [3.05, 3.63) is 12.2 Å². The monoisotopic (exact) mass is 406 g/mol. The Morgan fingerprint density at radius 1 is 1.43 bits per heavy atom. The Balaban J connectivity index is 2.02. The van der Waals surface area contributed by atoms with E-state index in [1.54, 1.807) is 7.11 Å². The van der Waals surface area contributed by atoms with Crippen LogP contribution in [0.5, 0.6) is 0 Å². The van der Waals surface area contributed by atoms with E-state index in [2.05, 4.69) is 32.3 Å². The molecule has 120 valence electrons. The molecule has 0 spiro atoms. The van der Waals surface area contributed by atoms with Crippen LogP contribution in [-0.2, 0) is 4.74 Å². The first-order chi connectivity index (χ1) is 9.77. The molecule has 1 aliphatic carbocycles. The standard InChI is InChI=1S/C16H27IN2O2/c1-6-16(11-15(3,4)21-5)12(2)13(16)18-7-9-19(10-8-18)14(17)20/h13H,2,6-11H2,1,3-5H3. The Labute approximate surface area is 142 Å². The average molecular weight is 406 g/mol. The Hall–Kier alpha value is -0.140. The second-order valence-corrected chi connectivity index (χ2v) is 7.78. The zero-order valence-electron chi connectivity index (χ0n) is 13.6. The van der Waals surface area contributed by atoms with Crippen LogP contribution in [0.15, 0.2) is 12.2 Å². The first-order valence-electron chi connectivity index (χ1n) is 7.70. The molecule has 1 heterocycles. The minimum absolute atomic E-state index is 0.117. The van der Waals surface area contributed by atoms with Crippen molar-refractivity contribution in [1.82, 2.24) is 9.80 Å². The third kappa shape index (κ3) is 3.29. The van der Waals surface area contributed by atoms with Gasteiger partial charge in [0.2, 0.25) is 0 Å². The van der Waals surface area contributed by atoms with Gasteiger partial charge in [0, 0.05) is 67.3 Å². The Morgan fingerprint density at radius 3 is 2.43 bits per heavy atom. The van der Waals surface area contributed by atoms with E-state index in [0.29, 0.717) is 6.04 Å². The van der Waals surface area contributed by atoms with Crippen LogP contribution in [0, 0.1) is 5.41 Å². The van der Waals surface area contributed by atoms with Crippen molar-refractivity contribution in [2.45, 2.75) is 45.3 Å². The van der Waals surface area contributed by atoms with Crippen LogP contribution >= 0.6 is 22.6 Å². The summed E-state index contributed by atoms with van der Waals surface area (Å²) in [7, 11) is 1.79. The summed E-state index contributed by atoms with van der Waals surface area (Å²) in [6.45, 7) is 14.5. The highest BCUT2D eigenvalue weighted by Gasteiger charge is 2.61. The highest BCUT2D eigenvalue weighted by atomic mass is 127. The maximum atomic E-state index is 11.4. The van der Waals surface area contributed by atoms with Gasteiger partial charge in [0.05, 0.1) is 5.60 Å². The molecule has 2 fully saturated rings. The van der Waals surface area contributed by atoms with Gasteiger partial charge in [-0.15, -0.1) is 0 Å². The molecule has 0 aromatic heterocycles. The average Bonchev–Trinajstić information content (AvgIpc) is 3.02. The largest absolute Gasteiger partial charge is 0.379 e. The van der Waals surface area contributed by atoms with Crippen LogP contribution in [-0.4, -0.2) is 58.6 Å². The van der Waals surface area contributed by atoms with Gasteiger partial charge in [-0.1, -0.05) is 19.1 Å². The Kier molecular flexibility index (Phi) is 5.05. The van der Waals surface area contributed by atoms with Gasteiger partial charge in [0.25, 0.3) is 3.91 Å². The molecule has 0 aromatic carbocycles. The summed E-state index contributed by atoms with van der Waals surface area (Å²) < 4.78 is 5.79. The number of amides is 1. The van der Waals surface area contributed by atoms with E-state index in [1.807, 2.05) is 27.5 Å². The maximum absolute atomic E-state index is 11.4. The van der Waals surface area contributed by atoms with Crippen molar-refractivity contribution in [3.63, 3.8) is 0 Å². The Bertz CT molecular complexity index is 430. The molecule has 1 aliphatic heterocycles. The van der Waals surface area contributed by atoms with Gasteiger partial charge in [-0.25, -0.2) is 0 Å². The summed E-state index contributed by atoms with van der Waals surface area (Å²) >= 11 is 1.88. The van der Waals surface area contributed by atoms with Crippen molar-refractivity contribution >= 4 is 26.5 Å². The van der Waals surface area contributed by atoms with Crippen LogP contribution in [0.25, 0.3) is 0 Å². The predicted molar refractivity (Wildman–Crippen MR) is 93.9 cm³/mol. The van der Waals surface area contributed by atoms with Crippen LogP contribution in [0.4, 0.5) is 4.79 Å². The van der Waals surface area contributed by atoms with Crippen molar-refractivity contribution in [2.75, 3.05) is 33.3 Å². The molecule has 2 atom stereocenters. The molecule has 0 N–H and O–H groups in total. The molecule has 0 aromatic rings. The van der Waals surface area contributed by atoms with Crippen molar-refractivity contribution in [1.29, 1.82) is 0 Å². The van der Waals surface area contributed by atoms with E-state index in [-0.39, 0.29) is 14.9 Å². The molecular formula is C16H27IN2O2. The summed E-state index contributed by atoms with van der Waals surface area (Å²) in [4.78, 5) is 15.9. The van der Waals surface area contributed by atoms with E-state index in [1.165, 1.54) is 5.57 Å². The van der Waals surface area contributed by atoms with Gasteiger partial charge < -0.3 is 9.64 Å². The lowest BCUT2D eigenvalue weighted by Gasteiger charge is -2.36. The lowest BCUT2D eigenvalue weighted by atomic mass is 9.87. The second-order valence-electron chi connectivity index (χ2n) is 6.85. The smallest absolute Gasteiger partial charge is 0.283 e. The summed E-state index contributed by atoms with van der Waals surface area (Å²) in [6, 6.07) is 0.461. The zero-order valence-corrected chi connectivity index (χ0v) is 15.8. The number of piperazine rings is 1. The van der Waals surface area contributed by atoms with E-state index in [9.17, 15) is 4.79 Å². The van der Waals surface area contributed by atoms with Crippen LogP contribution < -0.4 is 0 Å². The number of hydrogen-bond donors (Lipinski definition) is 0. The van der Waals surface area contributed by atoms with Gasteiger partial charge in [-0.3, -0.25) is 9.69 Å². The molecule has 2 unspecified atom stereocenters. The van der Waals surface area contributed by atoms with E-state index < -0.39 is 0 Å². The molecular weight excluding hydrogens is 379 g/mol. The van der Waals surface area contributed by atoms with Crippen molar-refractivity contribution < 1.29 is 9.53 Å². The van der Waals surface area contributed by atoms with Crippen molar-refractivity contribution in [2.24, 2.45) is 5.41 Å². The topological polar surface area (TPSA) is 32.8 Å².